The second kappa shape index (κ2) is 4.46. The Bertz CT molecular complexity index is 570. The standard InChI is InChI=1S/C14H17N3O/c1-18-10-5-7-17(9-10)14-3-2-13(15)11-4-6-16-8-12(11)14/h2-4,6,8,10H,5,7,9,15H2,1H3. The van der Waals surface area contributed by atoms with E-state index in [0.717, 1.165) is 36.0 Å². The summed E-state index contributed by atoms with van der Waals surface area (Å²) in [5, 5.41) is 2.19. The van der Waals surface area contributed by atoms with Gasteiger partial charge in [0.2, 0.25) is 0 Å². The predicted molar refractivity (Wildman–Crippen MR) is 73.8 cm³/mol. The molecule has 1 saturated heterocycles. The molecule has 1 aliphatic rings. The minimum absolute atomic E-state index is 0.328. The van der Waals surface area contributed by atoms with Crippen molar-refractivity contribution in [1.29, 1.82) is 0 Å². The average molecular weight is 243 g/mol. The summed E-state index contributed by atoms with van der Waals surface area (Å²) in [4.78, 5) is 6.56. The van der Waals surface area contributed by atoms with E-state index in [9.17, 15) is 0 Å². The van der Waals surface area contributed by atoms with Crippen molar-refractivity contribution in [3.8, 4) is 0 Å². The molecule has 2 N–H and O–H groups in total. The number of nitrogens with two attached hydrogens (primary N) is 1. The third-order valence-electron chi connectivity index (χ3n) is 3.65. The van der Waals surface area contributed by atoms with Crippen molar-refractivity contribution in [3.63, 3.8) is 0 Å². The summed E-state index contributed by atoms with van der Waals surface area (Å²) in [6.07, 6.45) is 5.07. The van der Waals surface area contributed by atoms with E-state index in [1.807, 2.05) is 18.3 Å². The summed E-state index contributed by atoms with van der Waals surface area (Å²) >= 11 is 0. The largest absolute Gasteiger partial charge is 0.398 e. The lowest BCUT2D eigenvalue weighted by Gasteiger charge is -2.20. The number of pyridine rings is 1. The Hall–Kier alpha value is -1.81. The van der Waals surface area contributed by atoms with Crippen LogP contribution in [0.1, 0.15) is 6.42 Å². The number of hydrogen-bond acceptors (Lipinski definition) is 4. The van der Waals surface area contributed by atoms with Crippen molar-refractivity contribution in [2.75, 3.05) is 30.8 Å². The van der Waals surface area contributed by atoms with Gasteiger partial charge in [-0.15, -0.1) is 0 Å². The van der Waals surface area contributed by atoms with E-state index in [2.05, 4.69) is 16.0 Å². The van der Waals surface area contributed by atoms with Gasteiger partial charge >= 0.3 is 0 Å². The van der Waals surface area contributed by atoms with Crippen LogP contribution in [0, 0.1) is 0 Å². The summed E-state index contributed by atoms with van der Waals surface area (Å²) in [5.74, 6) is 0. The Morgan fingerprint density at radius 1 is 1.33 bits per heavy atom. The number of ether oxygens (including phenoxy) is 1. The van der Waals surface area contributed by atoms with Crippen LogP contribution in [0.25, 0.3) is 10.8 Å². The van der Waals surface area contributed by atoms with Gasteiger partial charge in [-0.3, -0.25) is 4.98 Å². The predicted octanol–water partition coefficient (Wildman–Crippen LogP) is 2.04. The molecule has 0 amide bonds. The lowest BCUT2D eigenvalue weighted by molar-refractivity contribution is 0.121. The quantitative estimate of drug-likeness (QED) is 0.820. The molecule has 2 heterocycles. The maximum absolute atomic E-state index is 6.01. The number of aromatic nitrogens is 1. The molecule has 4 heteroatoms. The number of rotatable bonds is 2. The molecule has 1 fully saturated rings. The Balaban J connectivity index is 2.05. The highest BCUT2D eigenvalue weighted by Crippen LogP contribution is 2.32. The fourth-order valence-corrected chi connectivity index (χ4v) is 2.61. The van der Waals surface area contributed by atoms with Crippen LogP contribution in [0.2, 0.25) is 0 Å². The second-order valence-electron chi connectivity index (χ2n) is 4.69. The molecular weight excluding hydrogens is 226 g/mol. The number of nitrogen functional groups attached to an aromatic ring is 1. The molecule has 18 heavy (non-hydrogen) atoms. The van der Waals surface area contributed by atoms with E-state index in [-0.39, 0.29) is 0 Å². The molecule has 0 spiro atoms. The van der Waals surface area contributed by atoms with Gasteiger partial charge in [0.25, 0.3) is 0 Å². The Morgan fingerprint density at radius 2 is 2.22 bits per heavy atom. The maximum atomic E-state index is 6.01. The van der Waals surface area contributed by atoms with Crippen molar-refractivity contribution >= 4 is 22.1 Å². The van der Waals surface area contributed by atoms with Gasteiger partial charge in [0, 0.05) is 54.7 Å². The van der Waals surface area contributed by atoms with Crippen LogP contribution in [0.5, 0.6) is 0 Å². The molecule has 1 atom stereocenters. The van der Waals surface area contributed by atoms with E-state index in [1.165, 1.54) is 5.69 Å². The van der Waals surface area contributed by atoms with Crippen LogP contribution in [0.15, 0.2) is 30.6 Å². The summed E-state index contributed by atoms with van der Waals surface area (Å²) in [6, 6.07) is 6.02. The number of fused-ring (bicyclic) bond motifs is 1. The summed E-state index contributed by atoms with van der Waals surface area (Å²) < 4.78 is 5.42. The molecule has 3 rings (SSSR count). The molecule has 1 aromatic carbocycles. The average Bonchev–Trinajstić information content (AvgIpc) is 2.88. The summed E-state index contributed by atoms with van der Waals surface area (Å²) in [5.41, 5.74) is 8.01. The van der Waals surface area contributed by atoms with Crippen LogP contribution in [0.3, 0.4) is 0 Å². The van der Waals surface area contributed by atoms with Gasteiger partial charge in [-0.1, -0.05) is 0 Å². The number of benzene rings is 1. The monoisotopic (exact) mass is 243 g/mol. The first-order valence-corrected chi connectivity index (χ1v) is 6.19. The molecule has 94 valence electrons. The topological polar surface area (TPSA) is 51.4 Å². The lowest BCUT2D eigenvalue weighted by Crippen LogP contribution is -2.22. The van der Waals surface area contributed by atoms with Gasteiger partial charge in [0.1, 0.15) is 0 Å². The van der Waals surface area contributed by atoms with Gasteiger partial charge in [-0.2, -0.15) is 0 Å². The molecule has 1 aliphatic heterocycles. The molecule has 0 bridgehead atoms. The zero-order valence-electron chi connectivity index (χ0n) is 10.5. The molecule has 0 aliphatic carbocycles. The molecule has 2 aromatic rings. The first-order chi connectivity index (χ1) is 8.79. The van der Waals surface area contributed by atoms with Crippen LogP contribution >= 0.6 is 0 Å². The summed E-state index contributed by atoms with van der Waals surface area (Å²) in [7, 11) is 1.77. The Labute approximate surface area is 106 Å². The van der Waals surface area contributed by atoms with Gasteiger partial charge in [-0.05, 0) is 24.6 Å². The molecule has 1 aromatic heterocycles. The summed E-state index contributed by atoms with van der Waals surface area (Å²) in [6.45, 7) is 1.96. The molecule has 0 radical (unpaired) electrons. The van der Waals surface area contributed by atoms with E-state index in [4.69, 9.17) is 10.5 Å². The fourth-order valence-electron chi connectivity index (χ4n) is 2.61. The zero-order chi connectivity index (χ0) is 12.5. The van der Waals surface area contributed by atoms with Crippen molar-refractivity contribution in [2.45, 2.75) is 12.5 Å². The van der Waals surface area contributed by atoms with E-state index >= 15 is 0 Å². The van der Waals surface area contributed by atoms with Crippen LogP contribution < -0.4 is 10.6 Å². The van der Waals surface area contributed by atoms with Crippen LogP contribution in [-0.2, 0) is 4.74 Å². The van der Waals surface area contributed by atoms with Gasteiger partial charge in [-0.25, -0.2) is 0 Å². The molecular formula is C14H17N3O. The number of hydrogen-bond donors (Lipinski definition) is 1. The van der Waals surface area contributed by atoms with Crippen LogP contribution in [-0.4, -0.2) is 31.3 Å². The highest BCUT2D eigenvalue weighted by atomic mass is 16.5. The molecule has 4 nitrogen and oxygen atoms in total. The highest BCUT2D eigenvalue weighted by Gasteiger charge is 2.23. The first-order valence-electron chi connectivity index (χ1n) is 6.19. The normalized spacial score (nSPS) is 19.6. The fraction of sp³-hybridized carbons (Fsp3) is 0.357. The van der Waals surface area contributed by atoms with Crippen molar-refractivity contribution < 1.29 is 4.74 Å². The number of anilines is 2. The second-order valence-corrected chi connectivity index (χ2v) is 4.69. The van der Waals surface area contributed by atoms with E-state index in [1.54, 1.807) is 13.3 Å². The van der Waals surface area contributed by atoms with E-state index < -0.39 is 0 Å². The van der Waals surface area contributed by atoms with Crippen molar-refractivity contribution in [1.82, 2.24) is 4.98 Å². The van der Waals surface area contributed by atoms with Crippen molar-refractivity contribution in [3.05, 3.63) is 30.6 Å². The van der Waals surface area contributed by atoms with Crippen molar-refractivity contribution in [2.24, 2.45) is 0 Å². The van der Waals surface area contributed by atoms with Crippen LogP contribution in [0.4, 0.5) is 11.4 Å². The van der Waals surface area contributed by atoms with Gasteiger partial charge < -0.3 is 15.4 Å². The Kier molecular flexibility index (Phi) is 2.80. The third-order valence-corrected chi connectivity index (χ3v) is 3.65. The molecule has 1 unspecified atom stereocenters. The zero-order valence-corrected chi connectivity index (χ0v) is 10.5. The number of nitrogens with zero attached hydrogens (tertiary/aromatic N) is 2. The smallest absolute Gasteiger partial charge is 0.0762 e. The SMILES string of the molecule is COC1CCN(c2ccc(N)c3ccncc23)C1. The minimum Gasteiger partial charge on any atom is -0.398 e. The highest BCUT2D eigenvalue weighted by molar-refractivity contribution is 6.00. The van der Waals surface area contributed by atoms with E-state index in [0.29, 0.717) is 6.10 Å². The van der Waals surface area contributed by atoms with Gasteiger partial charge in [0.05, 0.1) is 6.10 Å². The van der Waals surface area contributed by atoms with Gasteiger partial charge in [0.15, 0.2) is 0 Å². The maximum Gasteiger partial charge on any atom is 0.0762 e. The number of methoxy groups -OCH3 is 1. The molecule has 0 saturated carbocycles. The lowest BCUT2D eigenvalue weighted by atomic mass is 10.1. The Morgan fingerprint density at radius 3 is 3.00 bits per heavy atom. The minimum atomic E-state index is 0.328. The first kappa shape index (κ1) is 11.3. The third kappa shape index (κ3) is 1.78.